The van der Waals surface area contributed by atoms with E-state index in [-0.39, 0.29) is 26.5 Å². The average Bonchev–Trinajstić information content (AvgIpc) is 3.03. The molecule has 0 atom stereocenters. The van der Waals surface area contributed by atoms with Crippen molar-refractivity contribution in [3.05, 3.63) is 33.6 Å². The topological polar surface area (TPSA) is 66.9 Å². The Kier molecular flexibility index (Phi) is 4.14. The summed E-state index contributed by atoms with van der Waals surface area (Å²) < 4.78 is 44.0. The monoisotopic (exact) mass is 395 g/mol. The molecule has 23 heavy (non-hydrogen) atoms. The predicted molar refractivity (Wildman–Crippen MR) is 79.0 cm³/mol. The highest BCUT2D eigenvalue weighted by Crippen LogP contribution is 2.38. The summed E-state index contributed by atoms with van der Waals surface area (Å²) in [4.78, 5) is 0. The van der Waals surface area contributed by atoms with Crippen LogP contribution in [0.15, 0.2) is 21.6 Å². The number of fused-ring (bicyclic) bond motifs is 1. The second-order valence-electron chi connectivity index (χ2n) is 4.10. The summed E-state index contributed by atoms with van der Waals surface area (Å²) >= 11 is 13.5. The first-order valence-electron chi connectivity index (χ1n) is 5.66. The van der Waals surface area contributed by atoms with Gasteiger partial charge < -0.3 is 0 Å². The molecule has 0 aromatic carbocycles. The summed E-state index contributed by atoms with van der Waals surface area (Å²) in [5.74, 6) is 0. The second-order valence-corrected chi connectivity index (χ2v) is 6.87. The minimum Gasteiger partial charge on any atom is -0.275 e. The van der Waals surface area contributed by atoms with Crippen molar-refractivity contribution < 1.29 is 13.2 Å². The Morgan fingerprint density at radius 2 is 2.04 bits per heavy atom. The minimum atomic E-state index is -4.56. The maximum atomic E-state index is 12.9. The molecule has 0 saturated carbocycles. The summed E-state index contributed by atoms with van der Waals surface area (Å²) in [6.45, 7) is 0. The average molecular weight is 396 g/mol. The fourth-order valence-electron chi connectivity index (χ4n) is 1.66. The van der Waals surface area contributed by atoms with E-state index >= 15 is 0 Å². The number of halogens is 5. The Hall–Kier alpha value is -1.54. The number of nitriles is 1. The summed E-state index contributed by atoms with van der Waals surface area (Å²) in [6, 6.07) is 2.67. The Labute approximate surface area is 144 Å². The first kappa shape index (κ1) is 16.3. The molecule has 0 aliphatic carbocycles. The van der Waals surface area contributed by atoms with E-state index in [1.165, 1.54) is 0 Å². The quantitative estimate of drug-likeness (QED) is 0.637. The van der Waals surface area contributed by atoms with E-state index in [1.807, 2.05) is 6.07 Å². The molecule has 3 aromatic rings. The van der Waals surface area contributed by atoms with E-state index in [2.05, 4.69) is 14.6 Å². The zero-order chi connectivity index (χ0) is 16.8. The predicted octanol–water partition coefficient (Wildman–Crippen LogP) is 4.53. The lowest BCUT2D eigenvalue weighted by Gasteiger charge is -2.08. The van der Waals surface area contributed by atoms with Gasteiger partial charge in [-0.05, 0) is 29.4 Å². The van der Waals surface area contributed by atoms with Crippen LogP contribution in [-0.2, 0) is 6.18 Å². The van der Waals surface area contributed by atoms with E-state index < -0.39 is 11.7 Å². The van der Waals surface area contributed by atoms with Crippen LogP contribution in [0.2, 0.25) is 10.2 Å². The van der Waals surface area contributed by atoms with Crippen LogP contribution in [0.5, 0.6) is 0 Å². The van der Waals surface area contributed by atoms with E-state index in [0.29, 0.717) is 4.21 Å². The largest absolute Gasteiger partial charge is 0.417 e. The van der Waals surface area contributed by atoms with Gasteiger partial charge in [0.05, 0.1) is 10.6 Å². The molecule has 0 N–H and O–H groups in total. The fraction of sp³-hybridized carbons (Fsp3) is 0.0909. The van der Waals surface area contributed by atoms with E-state index in [4.69, 9.17) is 28.5 Å². The maximum absolute atomic E-state index is 12.9. The lowest BCUT2D eigenvalue weighted by Crippen LogP contribution is -2.07. The molecule has 0 radical (unpaired) electrons. The van der Waals surface area contributed by atoms with E-state index in [0.717, 1.165) is 40.0 Å². The zero-order valence-corrected chi connectivity index (χ0v) is 13.7. The Bertz CT molecular complexity index is 944. The molecule has 0 spiro atoms. The Balaban J connectivity index is 2.12. The van der Waals surface area contributed by atoms with Crippen molar-refractivity contribution in [3.8, 4) is 6.07 Å². The molecule has 0 unspecified atom stereocenters. The third kappa shape index (κ3) is 2.97. The number of nitrogens with zero attached hydrogens (tertiary/aromatic N) is 5. The summed E-state index contributed by atoms with van der Waals surface area (Å²) in [5.41, 5.74) is -0.715. The van der Waals surface area contributed by atoms with Gasteiger partial charge >= 0.3 is 6.18 Å². The van der Waals surface area contributed by atoms with Gasteiger partial charge in [-0.3, -0.25) is 4.40 Å². The lowest BCUT2D eigenvalue weighted by atomic mass is 10.3. The van der Waals surface area contributed by atoms with Crippen molar-refractivity contribution in [2.75, 3.05) is 0 Å². The first-order chi connectivity index (χ1) is 10.8. The molecule has 5 nitrogen and oxygen atoms in total. The molecule has 118 valence electrons. The minimum absolute atomic E-state index is 0.0304. The molecule has 0 fully saturated rings. The van der Waals surface area contributed by atoms with Crippen molar-refractivity contribution in [1.29, 1.82) is 5.26 Å². The molecule has 12 heteroatoms. The van der Waals surface area contributed by atoms with Crippen LogP contribution >= 0.6 is 46.5 Å². The molecular formula is C11H2Cl2F3N5S2. The third-order valence-corrected chi connectivity index (χ3v) is 5.29. The van der Waals surface area contributed by atoms with Gasteiger partial charge in [0.2, 0.25) is 5.16 Å². The van der Waals surface area contributed by atoms with Crippen molar-refractivity contribution in [3.63, 3.8) is 0 Å². The van der Waals surface area contributed by atoms with Gasteiger partial charge in [0.25, 0.3) is 0 Å². The molecule has 3 aromatic heterocycles. The SMILES string of the molecule is N#Cc1c(Cl)nsc1Sc1nnc2c(Cl)cc(C(F)(F)F)cn12. The highest BCUT2D eigenvalue weighted by atomic mass is 35.5. The number of hydrogen-bond donors (Lipinski definition) is 0. The maximum Gasteiger partial charge on any atom is 0.417 e. The highest BCUT2D eigenvalue weighted by Gasteiger charge is 2.32. The van der Waals surface area contributed by atoms with Crippen LogP contribution in [0.1, 0.15) is 11.1 Å². The van der Waals surface area contributed by atoms with Gasteiger partial charge in [-0.15, -0.1) is 10.2 Å². The molecule has 3 heterocycles. The van der Waals surface area contributed by atoms with Gasteiger partial charge in [0, 0.05) is 6.20 Å². The summed E-state index contributed by atoms with van der Waals surface area (Å²) in [5, 5.41) is 16.6. The molecular weight excluding hydrogens is 394 g/mol. The van der Waals surface area contributed by atoms with Crippen LogP contribution in [0.3, 0.4) is 0 Å². The van der Waals surface area contributed by atoms with Gasteiger partial charge in [0.15, 0.2) is 10.8 Å². The van der Waals surface area contributed by atoms with Crippen molar-refractivity contribution in [1.82, 2.24) is 19.0 Å². The van der Waals surface area contributed by atoms with Crippen molar-refractivity contribution >= 4 is 52.1 Å². The standard InChI is InChI=1S/C11H2Cl2F3N5S2/c12-6-1-4(11(14,15)16)3-21-8(6)18-19-10(21)22-9-5(2-17)7(13)20-23-9/h1,3H. The molecule has 0 bridgehead atoms. The summed E-state index contributed by atoms with van der Waals surface area (Å²) in [6.07, 6.45) is -3.71. The Morgan fingerprint density at radius 3 is 2.70 bits per heavy atom. The fourth-order valence-corrected chi connectivity index (χ4v) is 3.96. The van der Waals surface area contributed by atoms with Gasteiger partial charge in [0.1, 0.15) is 15.8 Å². The molecule has 0 aliphatic heterocycles. The van der Waals surface area contributed by atoms with Crippen molar-refractivity contribution in [2.24, 2.45) is 0 Å². The second kappa shape index (κ2) is 5.83. The van der Waals surface area contributed by atoms with Gasteiger partial charge in [-0.25, -0.2) is 0 Å². The number of pyridine rings is 1. The number of rotatable bonds is 2. The number of alkyl halides is 3. The molecule has 3 rings (SSSR count). The lowest BCUT2D eigenvalue weighted by molar-refractivity contribution is -0.137. The molecule has 0 saturated heterocycles. The normalized spacial score (nSPS) is 11.8. The van der Waals surface area contributed by atoms with Crippen LogP contribution in [-0.4, -0.2) is 19.0 Å². The van der Waals surface area contributed by atoms with E-state index in [1.54, 1.807) is 0 Å². The van der Waals surface area contributed by atoms with Crippen LogP contribution < -0.4 is 0 Å². The van der Waals surface area contributed by atoms with Crippen molar-refractivity contribution in [2.45, 2.75) is 15.5 Å². The van der Waals surface area contributed by atoms with Gasteiger partial charge in [-0.1, -0.05) is 23.2 Å². The Morgan fingerprint density at radius 1 is 1.30 bits per heavy atom. The van der Waals surface area contributed by atoms with Crippen LogP contribution in [0.25, 0.3) is 5.65 Å². The first-order valence-corrected chi connectivity index (χ1v) is 8.00. The van der Waals surface area contributed by atoms with Gasteiger partial charge in [-0.2, -0.15) is 22.8 Å². The van der Waals surface area contributed by atoms with Crippen LogP contribution in [0.4, 0.5) is 13.2 Å². The number of aromatic nitrogens is 4. The van der Waals surface area contributed by atoms with Crippen LogP contribution in [0, 0.1) is 11.3 Å². The smallest absolute Gasteiger partial charge is 0.275 e. The number of hydrogen-bond acceptors (Lipinski definition) is 6. The molecule has 0 amide bonds. The third-order valence-electron chi connectivity index (χ3n) is 2.67. The van der Waals surface area contributed by atoms with E-state index in [9.17, 15) is 13.2 Å². The summed E-state index contributed by atoms with van der Waals surface area (Å²) in [7, 11) is 0. The highest BCUT2D eigenvalue weighted by molar-refractivity contribution is 8.01. The zero-order valence-electron chi connectivity index (χ0n) is 10.6. The molecule has 0 aliphatic rings.